The number of anilines is 1. The molecule has 2 aromatic carbocycles. The third kappa shape index (κ3) is 4.87. The van der Waals surface area contributed by atoms with Gasteiger partial charge in [0.2, 0.25) is 0 Å². The van der Waals surface area contributed by atoms with Crippen molar-refractivity contribution in [1.29, 1.82) is 5.26 Å². The maximum absolute atomic E-state index is 16.7. The van der Waals surface area contributed by atoms with Gasteiger partial charge in [0.05, 0.1) is 28.0 Å². The Hall–Kier alpha value is -4.61. The summed E-state index contributed by atoms with van der Waals surface area (Å²) in [7, 11) is 0. The van der Waals surface area contributed by atoms with Crippen LogP contribution in [0.1, 0.15) is 44.6 Å². The number of ether oxygens (including phenoxy) is 1. The molecule has 3 aliphatic heterocycles. The van der Waals surface area contributed by atoms with Crippen LogP contribution in [-0.2, 0) is 0 Å². The van der Waals surface area contributed by atoms with E-state index in [1.807, 2.05) is 11.8 Å². The third-order valence-corrected chi connectivity index (χ3v) is 9.59. The highest BCUT2D eigenvalue weighted by Crippen LogP contribution is 2.42. The van der Waals surface area contributed by atoms with E-state index >= 15 is 4.39 Å². The molecule has 3 aliphatic rings. The van der Waals surface area contributed by atoms with Gasteiger partial charge in [-0.15, -0.1) is 6.42 Å². The number of phenols is 1. The van der Waals surface area contributed by atoms with Gasteiger partial charge in [0.15, 0.2) is 5.82 Å². The van der Waals surface area contributed by atoms with E-state index in [1.165, 1.54) is 30.5 Å². The number of hydrogen-bond acceptors (Lipinski definition) is 8. The zero-order valence-corrected chi connectivity index (χ0v) is 24.8. The second-order valence-corrected chi connectivity index (χ2v) is 12.7. The molecule has 1 N–H and O–H groups in total. The number of phenolic OH excluding ortho intramolecular Hbond substituents is 1. The number of rotatable bonds is 5. The highest BCUT2D eigenvalue weighted by molar-refractivity contribution is 6.03. The van der Waals surface area contributed by atoms with E-state index in [9.17, 15) is 19.1 Å². The van der Waals surface area contributed by atoms with Crippen LogP contribution in [0.15, 0.2) is 30.5 Å². The Balaban J connectivity index is 1.39. The highest BCUT2D eigenvalue weighted by Gasteiger charge is 2.49. The molecule has 3 atom stereocenters. The third-order valence-electron chi connectivity index (χ3n) is 9.59. The summed E-state index contributed by atoms with van der Waals surface area (Å²) >= 11 is 0. The molecule has 3 saturated heterocycles. The van der Waals surface area contributed by atoms with Crippen LogP contribution in [0, 0.1) is 40.7 Å². The number of hydrogen-bond donors (Lipinski definition) is 1. The van der Waals surface area contributed by atoms with Crippen molar-refractivity contribution in [3.8, 4) is 41.4 Å². The molecule has 3 unspecified atom stereocenters. The fourth-order valence-corrected chi connectivity index (χ4v) is 7.43. The molecule has 0 aliphatic carbocycles. The summed E-state index contributed by atoms with van der Waals surface area (Å²) in [4.78, 5) is 17.7. The van der Waals surface area contributed by atoms with Crippen molar-refractivity contribution in [2.24, 2.45) is 5.41 Å². The van der Waals surface area contributed by atoms with Gasteiger partial charge in [0, 0.05) is 43.2 Å². The Morgan fingerprint density at radius 1 is 1.18 bits per heavy atom. The van der Waals surface area contributed by atoms with E-state index in [2.05, 4.69) is 26.9 Å². The molecule has 0 amide bonds. The number of nitriles is 1. The number of alkyl halides is 1. The van der Waals surface area contributed by atoms with Gasteiger partial charge in [0.25, 0.3) is 0 Å². The predicted octanol–water partition coefficient (Wildman–Crippen LogP) is 5.90. The number of pyridine rings is 1. The molecule has 45 heavy (non-hydrogen) atoms. The van der Waals surface area contributed by atoms with Gasteiger partial charge in [-0.25, -0.2) is 13.2 Å². The van der Waals surface area contributed by atoms with Crippen LogP contribution in [-0.4, -0.2) is 69.5 Å². The van der Waals surface area contributed by atoms with Crippen LogP contribution in [0.2, 0.25) is 0 Å². The van der Waals surface area contributed by atoms with Gasteiger partial charge < -0.3 is 14.7 Å². The molecule has 0 bridgehead atoms. The molecule has 3 fully saturated rings. The lowest BCUT2D eigenvalue weighted by atomic mass is 9.83. The Morgan fingerprint density at radius 3 is 2.80 bits per heavy atom. The smallest absolute Gasteiger partial charge is 0.319 e. The molecule has 5 heterocycles. The first-order valence-corrected chi connectivity index (χ1v) is 15.1. The number of terminal acetylenes is 1. The fourth-order valence-electron chi connectivity index (χ4n) is 7.43. The number of piperidine rings is 1. The molecule has 11 heteroatoms. The second-order valence-electron chi connectivity index (χ2n) is 12.7. The van der Waals surface area contributed by atoms with Gasteiger partial charge in [-0.3, -0.25) is 9.88 Å². The van der Waals surface area contributed by atoms with Crippen molar-refractivity contribution in [3.63, 3.8) is 0 Å². The first-order valence-electron chi connectivity index (χ1n) is 15.1. The Bertz CT molecular complexity index is 1940. The quantitative estimate of drug-likeness (QED) is 0.279. The van der Waals surface area contributed by atoms with Crippen molar-refractivity contribution < 1.29 is 23.0 Å². The van der Waals surface area contributed by atoms with Crippen molar-refractivity contribution in [1.82, 2.24) is 19.9 Å². The van der Waals surface area contributed by atoms with Gasteiger partial charge in [-0.05, 0) is 62.7 Å². The van der Waals surface area contributed by atoms with Crippen molar-refractivity contribution in [2.75, 3.05) is 37.7 Å². The lowest BCUT2D eigenvalue weighted by molar-refractivity contribution is 0.107. The molecule has 0 radical (unpaired) electrons. The van der Waals surface area contributed by atoms with Crippen LogP contribution in [0.5, 0.6) is 11.8 Å². The topological polar surface area (TPSA) is 98.4 Å². The first kappa shape index (κ1) is 29.1. The largest absolute Gasteiger partial charge is 0.508 e. The zero-order chi connectivity index (χ0) is 31.5. The summed E-state index contributed by atoms with van der Waals surface area (Å²) in [6, 6.07) is 7.69. The van der Waals surface area contributed by atoms with Crippen LogP contribution in [0.25, 0.3) is 32.9 Å². The minimum atomic E-state index is -0.945. The van der Waals surface area contributed by atoms with Crippen molar-refractivity contribution in [2.45, 2.75) is 50.7 Å². The van der Waals surface area contributed by atoms with Gasteiger partial charge >= 0.3 is 6.01 Å². The predicted molar refractivity (Wildman–Crippen MR) is 164 cm³/mol. The first-order chi connectivity index (χ1) is 21.6. The monoisotopic (exact) mass is 612 g/mol. The van der Waals surface area contributed by atoms with E-state index in [0.717, 1.165) is 25.8 Å². The SMILES string of the molecule is C#Cc1c(F)ccc2cc(O)cc(-c3ncc4c(N5CCCC(C)(C#N)C5)nc(OCC56CCCN5CC(F)C6)nc4c3F)c12. The summed E-state index contributed by atoms with van der Waals surface area (Å²) in [6.07, 6.45) is 9.66. The fraction of sp³-hybridized carbons (Fsp3) is 0.412. The van der Waals surface area contributed by atoms with Gasteiger partial charge in [0.1, 0.15) is 41.4 Å². The molecule has 4 aromatic rings. The molecule has 7 rings (SSSR count). The van der Waals surface area contributed by atoms with Crippen molar-refractivity contribution >= 4 is 27.5 Å². The molecular weight excluding hydrogens is 581 g/mol. The lowest BCUT2D eigenvalue weighted by Gasteiger charge is -2.37. The molecule has 230 valence electrons. The number of aromatic nitrogens is 3. The van der Waals surface area contributed by atoms with Crippen LogP contribution in [0.4, 0.5) is 19.0 Å². The zero-order valence-electron chi connectivity index (χ0n) is 24.8. The normalized spacial score (nSPS) is 24.9. The Labute approximate surface area is 258 Å². The Kier molecular flexibility index (Phi) is 6.97. The molecule has 8 nitrogen and oxygen atoms in total. The maximum atomic E-state index is 16.7. The van der Waals surface area contributed by atoms with Crippen LogP contribution < -0.4 is 9.64 Å². The maximum Gasteiger partial charge on any atom is 0.319 e. The average molecular weight is 613 g/mol. The lowest BCUT2D eigenvalue weighted by Crippen LogP contribution is -2.43. The van der Waals surface area contributed by atoms with Crippen LogP contribution in [0.3, 0.4) is 0 Å². The van der Waals surface area contributed by atoms with Crippen molar-refractivity contribution in [3.05, 3.63) is 47.7 Å². The Morgan fingerprint density at radius 2 is 2.00 bits per heavy atom. The minimum absolute atomic E-state index is 0.0718. The number of halogens is 3. The number of fused-ring (bicyclic) bond motifs is 3. The minimum Gasteiger partial charge on any atom is -0.508 e. The van der Waals surface area contributed by atoms with E-state index < -0.39 is 28.8 Å². The highest BCUT2D eigenvalue weighted by atomic mass is 19.1. The number of aromatic hydroxyl groups is 1. The van der Waals surface area contributed by atoms with Gasteiger partial charge in [-0.1, -0.05) is 12.0 Å². The van der Waals surface area contributed by atoms with E-state index in [4.69, 9.17) is 16.1 Å². The van der Waals surface area contributed by atoms with E-state index in [1.54, 1.807) is 0 Å². The summed E-state index contributed by atoms with van der Waals surface area (Å²) in [5.41, 5.74) is -1.35. The van der Waals surface area contributed by atoms with Crippen LogP contribution >= 0.6 is 0 Å². The average Bonchev–Trinajstić information content (AvgIpc) is 3.55. The molecule has 0 spiro atoms. The number of benzene rings is 2. The summed E-state index contributed by atoms with van der Waals surface area (Å²) in [5.74, 6) is 1.06. The summed E-state index contributed by atoms with van der Waals surface area (Å²) in [5, 5.41) is 21.3. The number of nitrogens with zero attached hydrogens (tertiary/aromatic N) is 6. The summed E-state index contributed by atoms with van der Waals surface area (Å²) in [6.45, 7) is 4.12. The van der Waals surface area contributed by atoms with E-state index in [-0.39, 0.29) is 46.1 Å². The molecular formula is C34H31F3N6O2. The standard InChI is InChI=1S/C34H31F3N6O2/c1-3-23-26(36)7-6-20-12-22(44)13-24(27(20)23)29-28(37)30-25(15-39-29)31(42-10-4-8-33(2,17-38)18-42)41-32(40-30)45-19-34-9-5-11-43(34)16-21(35)14-34/h1,6-7,12-13,15,21,44H,4-5,8-11,14,16,18-19H2,2H3. The van der Waals surface area contributed by atoms with E-state index in [0.29, 0.717) is 49.1 Å². The molecule has 0 saturated carbocycles. The summed E-state index contributed by atoms with van der Waals surface area (Å²) < 4.78 is 52.1. The molecule has 2 aromatic heterocycles. The van der Waals surface area contributed by atoms with Gasteiger partial charge in [-0.2, -0.15) is 15.2 Å². The second kappa shape index (κ2) is 10.8.